The third-order valence-corrected chi connectivity index (χ3v) is 4.39. The summed E-state index contributed by atoms with van der Waals surface area (Å²) in [7, 11) is 3.32. The zero-order valence-corrected chi connectivity index (χ0v) is 15.3. The van der Waals surface area contributed by atoms with Gasteiger partial charge >= 0.3 is 0 Å². The van der Waals surface area contributed by atoms with Crippen molar-refractivity contribution >= 4 is 17.5 Å². The van der Waals surface area contributed by atoms with Crippen molar-refractivity contribution in [2.45, 2.75) is 6.04 Å². The smallest absolute Gasteiger partial charge is 0.253 e. The van der Waals surface area contributed by atoms with Crippen LogP contribution in [-0.2, 0) is 7.05 Å². The standard InChI is InChI=1S/C19H16ClF2N3O2/c1-25-7-6-23-18(25)17(11-4-3-5-12(8-11)27-2)24-19(26)13-9-15(21)16(22)10-14(13)20/h3-10,17H,1-2H3,(H,24,26). The fraction of sp³-hybridized carbons (Fsp3) is 0.158. The molecule has 0 aliphatic heterocycles. The Kier molecular flexibility index (Phi) is 5.41. The van der Waals surface area contributed by atoms with Crippen LogP contribution >= 0.6 is 11.6 Å². The summed E-state index contributed by atoms with van der Waals surface area (Å²) >= 11 is 5.92. The van der Waals surface area contributed by atoms with Crippen molar-refractivity contribution in [2.24, 2.45) is 7.05 Å². The highest BCUT2D eigenvalue weighted by Gasteiger charge is 2.24. The van der Waals surface area contributed by atoms with Crippen LogP contribution in [0.2, 0.25) is 5.02 Å². The minimum absolute atomic E-state index is 0.169. The topological polar surface area (TPSA) is 56.1 Å². The first-order valence-electron chi connectivity index (χ1n) is 7.97. The normalized spacial score (nSPS) is 11.9. The van der Waals surface area contributed by atoms with Gasteiger partial charge in [-0.2, -0.15) is 0 Å². The predicted molar refractivity (Wildman–Crippen MR) is 96.9 cm³/mol. The highest BCUT2D eigenvalue weighted by atomic mass is 35.5. The Balaban J connectivity index is 2.00. The first kappa shape index (κ1) is 18.8. The molecule has 1 N–H and O–H groups in total. The van der Waals surface area contributed by atoms with Gasteiger partial charge in [-0.1, -0.05) is 23.7 Å². The summed E-state index contributed by atoms with van der Waals surface area (Å²) in [6.07, 6.45) is 3.33. The Morgan fingerprint density at radius 3 is 2.67 bits per heavy atom. The maximum atomic E-state index is 13.6. The van der Waals surface area contributed by atoms with Gasteiger partial charge in [0.2, 0.25) is 0 Å². The number of nitrogens with zero attached hydrogens (tertiary/aromatic N) is 2. The molecular weight excluding hydrogens is 376 g/mol. The Hall–Kier alpha value is -2.93. The number of carbonyl (C=O) groups is 1. The molecule has 27 heavy (non-hydrogen) atoms. The van der Waals surface area contributed by atoms with Gasteiger partial charge in [0, 0.05) is 19.4 Å². The van der Waals surface area contributed by atoms with Gasteiger partial charge in [-0.15, -0.1) is 0 Å². The number of halogens is 3. The second-order valence-electron chi connectivity index (χ2n) is 5.83. The molecule has 0 radical (unpaired) electrons. The van der Waals surface area contributed by atoms with Crippen LogP contribution in [0, 0.1) is 11.6 Å². The molecule has 0 aliphatic rings. The summed E-state index contributed by atoms with van der Waals surface area (Å²) in [6.45, 7) is 0. The summed E-state index contributed by atoms with van der Waals surface area (Å²) in [5.41, 5.74) is 0.536. The van der Waals surface area contributed by atoms with E-state index in [4.69, 9.17) is 16.3 Å². The van der Waals surface area contributed by atoms with E-state index in [1.54, 1.807) is 48.3 Å². The average Bonchev–Trinajstić information content (AvgIpc) is 3.08. The molecule has 0 bridgehead atoms. The van der Waals surface area contributed by atoms with E-state index in [0.29, 0.717) is 17.1 Å². The molecule has 1 aromatic heterocycles. The lowest BCUT2D eigenvalue weighted by Gasteiger charge is -2.20. The lowest BCUT2D eigenvalue weighted by molar-refractivity contribution is 0.0940. The number of imidazole rings is 1. The second kappa shape index (κ2) is 7.75. The zero-order chi connectivity index (χ0) is 19.6. The number of nitrogens with one attached hydrogen (secondary N) is 1. The summed E-state index contributed by atoms with van der Waals surface area (Å²) in [4.78, 5) is 17.0. The number of hydrogen-bond acceptors (Lipinski definition) is 3. The lowest BCUT2D eigenvalue weighted by atomic mass is 10.0. The first-order chi connectivity index (χ1) is 12.9. The SMILES string of the molecule is COc1cccc(C(NC(=O)c2cc(F)c(F)cc2Cl)c2nccn2C)c1. The highest BCUT2D eigenvalue weighted by molar-refractivity contribution is 6.33. The first-order valence-corrected chi connectivity index (χ1v) is 8.35. The van der Waals surface area contributed by atoms with Crippen molar-refractivity contribution < 1.29 is 18.3 Å². The van der Waals surface area contributed by atoms with E-state index < -0.39 is 23.6 Å². The summed E-state index contributed by atoms with van der Waals surface area (Å²) in [6, 6.07) is 7.99. The van der Waals surface area contributed by atoms with Gasteiger partial charge in [0.25, 0.3) is 5.91 Å². The molecule has 1 unspecified atom stereocenters. The number of aromatic nitrogens is 2. The molecule has 0 spiro atoms. The fourth-order valence-electron chi connectivity index (χ4n) is 2.68. The molecule has 0 saturated heterocycles. The number of carbonyl (C=O) groups excluding carboxylic acids is 1. The number of amides is 1. The Morgan fingerprint density at radius 1 is 1.26 bits per heavy atom. The van der Waals surface area contributed by atoms with Crippen molar-refractivity contribution in [1.29, 1.82) is 0 Å². The zero-order valence-electron chi connectivity index (χ0n) is 14.5. The van der Waals surface area contributed by atoms with Gasteiger partial charge in [0.1, 0.15) is 17.6 Å². The number of rotatable bonds is 5. The van der Waals surface area contributed by atoms with Gasteiger partial charge in [0.15, 0.2) is 11.6 Å². The average molecular weight is 392 g/mol. The number of aryl methyl sites for hydroxylation is 1. The Bertz CT molecular complexity index is 991. The van der Waals surface area contributed by atoms with Crippen LogP contribution in [0.4, 0.5) is 8.78 Å². The van der Waals surface area contributed by atoms with Crippen LogP contribution in [0.15, 0.2) is 48.8 Å². The van der Waals surface area contributed by atoms with Crippen LogP contribution < -0.4 is 10.1 Å². The Labute approximate surface area is 159 Å². The van der Waals surface area contributed by atoms with E-state index in [0.717, 1.165) is 12.1 Å². The number of benzene rings is 2. The highest BCUT2D eigenvalue weighted by Crippen LogP contribution is 2.26. The van der Waals surface area contributed by atoms with Crippen LogP contribution in [0.5, 0.6) is 5.75 Å². The Morgan fingerprint density at radius 2 is 2.00 bits per heavy atom. The number of hydrogen-bond donors (Lipinski definition) is 1. The molecule has 2 aromatic carbocycles. The van der Waals surface area contributed by atoms with Crippen LogP contribution in [0.25, 0.3) is 0 Å². The van der Waals surface area contributed by atoms with Crippen molar-refractivity contribution in [3.05, 3.63) is 82.4 Å². The van der Waals surface area contributed by atoms with E-state index >= 15 is 0 Å². The molecule has 0 saturated carbocycles. The van der Waals surface area contributed by atoms with E-state index in [2.05, 4.69) is 10.3 Å². The maximum absolute atomic E-state index is 13.6. The van der Waals surface area contributed by atoms with Gasteiger partial charge in [-0.05, 0) is 29.8 Å². The summed E-state index contributed by atoms with van der Waals surface area (Å²) in [5, 5.41) is 2.60. The van der Waals surface area contributed by atoms with Crippen LogP contribution in [0.3, 0.4) is 0 Å². The molecule has 5 nitrogen and oxygen atoms in total. The van der Waals surface area contributed by atoms with Crippen LogP contribution in [0.1, 0.15) is 27.8 Å². The predicted octanol–water partition coefficient (Wildman–Crippen LogP) is 3.88. The van der Waals surface area contributed by atoms with Crippen molar-refractivity contribution in [2.75, 3.05) is 7.11 Å². The molecule has 1 amide bonds. The van der Waals surface area contributed by atoms with E-state index in [9.17, 15) is 13.6 Å². The van der Waals surface area contributed by atoms with E-state index in [1.807, 2.05) is 0 Å². The largest absolute Gasteiger partial charge is 0.497 e. The molecule has 3 aromatic rings. The van der Waals surface area contributed by atoms with Gasteiger partial charge in [-0.25, -0.2) is 13.8 Å². The van der Waals surface area contributed by atoms with Crippen molar-refractivity contribution in [3.63, 3.8) is 0 Å². The quantitative estimate of drug-likeness (QED) is 0.671. The summed E-state index contributed by atoms with van der Waals surface area (Å²) < 4.78 is 33.8. The molecule has 140 valence electrons. The van der Waals surface area contributed by atoms with E-state index in [1.165, 1.54) is 7.11 Å². The molecule has 0 aliphatic carbocycles. The summed E-state index contributed by atoms with van der Waals surface area (Å²) in [5.74, 6) is -1.78. The lowest BCUT2D eigenvalue weighted by Crippen LogP contribution is -2.31. The van der Waals surface area contributed by atoms with Crippen molar-refractivity contribution in [1.82, 2.24) is 14.9 Å². The van der Waals surface area contributed by atoms with E-state index in [-0.39, 0.29) is 10.6 Å². The van der Waals surface area contributed by atoms with Crippen molar-refractivity contribution in [3.8, 4) is 5.75 Å². The van der Waals surface area contributed by atoms with Gasteiger partial charge in [0.05, 0.1) is 17.7 Å². The third-order valence-electron chi connectivity index (χ3n) is 4.07. The maximum Gasteiger partial charge on any atom is 0.253 e. The minimum Gasteiger partial charge on any atom is -0.497 e. The second-order valence-corrected chi connectivity index (χ2v) is 6.23. The molecule has 0 fully saturated rings. The number of methoxy groups -OCH3 is 1. The monoisotopic (exact) mass is 391 g/mol. The number of ether oxygens (including phenoxy) is 1. The fourth-order valence-corrected chi connectivity index (χ4v) is 2.91. The minimum atomic E-state index is -1.15. The molecule has 1 heterocycles. The molecule has 8 heteroatoms. The molecular formula is C19H16ClF2N3O2. The molecule has 1 atom stereocenters. The van der Waals surface area contributed by atoms with Gasteiger partial charge in [-0.3, -0.25) is 4.79 Å². The van der Waals surface area contributed by atoms with Gasteiger partial charge < -0.3 is 14.6 Å². The third kappa shape index (κ3) is 3.93. The van der Waals surface area contributed by atoms with Crippen LogP contribution in [-0.4, -0.2) is 22.6 Å². The molecule has 3 rings (SSSR count).